The summed E-state index contributed by atoms with van der Waals surface area (Å²) >= 11 is 2.25. The van der Waals surface area contributed by atoms with Crippen molar-refractivity contribution in [2.45, 2.75) is 6.61 Å². The normalized spacial score (nSPS) is 10.7. The molecule has 0 aliphatic carbocycles. The van der Waals surface area contributed by atoms with Gasteiger partial charge in [0.2, 0.25) is 5.69 Å². The van der Waals surface area contributed by atoms with Crippen molar-refractivity contribution in [1.82, 2.24) is 10.4 Å². The first-order valence-electron chi connectivity index (χ1n) is 8.43. The Hall–Kier alpha value is -3.34. The van der Waals surface area contributed by atoms with Gasteiger partial charge >= 0.3 is 5.69 Å². The minimum Gasteiger partial charge on any atom is -0.489 e. The number of rotatable bonds is 7. The molecule has 0 bridgehead atoms. The van der Waals surface area contributed by atoms with Gasteiger partial charge in [-0.3, -0.25) is 14.9 Å². The Labute approximate surface area is 179 Å². The largest absolute Gasteiger partial charge is 0.489 e. The molecule has 0 saturated heterocycles. The molecule has 146 valence electrons. The number of hydrogen-bond acceptors (Lipinski definition) is 6. The van der Waals surface area contributed by atoms with Gasteiger partial charge in [0.15, 0.2) is 0 Å². The lowest BCUT2D eigenvalue weighted by Crippen LogP contribution is -2.20. The number of amides is 1. The fourth-order valence-corrected chi connectivity index (χ4v) is 2.69. The molecule has 1 N–H and O–H groups in total. The van der Waals surface area contributed by atoms with Crippen LogP contribution in [-0.4, -0.2) is 22.0 Å². The Kier molecular flexibility index (Phi) is 6.85. The number of carbonyl (C=O) groups excluding carboxylic acids is 1. The van der Waals surface area contributed by atoms with Crippen LogP contribution in [0.15, 0.2) is 72.0 Å². The van der Waals surface area contributed by atoms with Gasteiger partial charge in [-0.15, -0.1) is 0 Å². The quantitative estimate of drug-likeness (QED) is 0.228. The molecule has 1 aromatic heterocycles. The third-order valence-corrected chi connectivity index (χ3v) is 4.50. The number of pyridine rings is 1. The first-order chi connectivity index (χ1) is 14.0. The van der Waals surface area contributed by atoms with Crippen LogP contribution < -0.4 is 10.2 Å². The summed E-state index contributed by atoms with van der Waals surface area (Å²) in [6.07, 6.45) is 2.73. The van der Waals surface area contributed by atoms with Gasteiger partial charge in [0, 0.05) is 15.8 Å². The van der Waals surface area contributed by atoms with E-state index in [-0.39, 0.29) is 11.4 Å². The first kappa shape index (κ1) is 20.4. The monoisotopic (exact) mass is 502 g/mol. The number of hydrogen-bond donors (Lipinski definition) is 1. The smallest absolute Gasteiger partial charge is 0.300 e. The summed E-state index contributed by atoms with van der Waals surface area (Å²) in [7, 11) is 0. The van der Waals surface area contributed by atoms with E-state index in [0.717, 1.165) is 11.1 Å². The standard InChI is InChI=1S/C20H15IN4O4/c21-16-7-3-15(4-8-16)13-29-17-9-5-14(6-10-17)12-23-24-20(26)19-18(25(27)28)2-1-11-22-19/h1-12H,13H2,(H,24,26)/b23-12-. The summed E-state index contributed by atoms with van der Waals surface area (Å²) < 4.78 is 6.90. The number of nitrogens with zero attached hydrogens (tertiary/aromatic N) is 3. The summed E-state index contributed by atoms with van der Waals surface area (Å²) in [5.41, 5.74) is 3.36. The molecule has 9 heteroatoms. The molecule has 0 saturated carbocycles. The van der Waals surface area contributed by atoms with Gasteiger partial charge in [0.05, 0.1) is 11.1 Å². The van der Waals surface area contributed by atoms with E-state index in [4.69, 9.17) is 4.74 Å². The number of aromatic nitrogens is 1. The summed E-state index contributed by atoms with van der Waals surface area (Å²) in [5, 5.41) is 14.8. The zero-order valence-electron chi connectivity index (χ0n) is 15.0. The van der Waals surface area contributed by atoms with Crippen molar-refractivity contribution < 1.29 is 14.5 Å². The third kappa shape index (κ3) is 5.82. The number of nitro groups is 1. The van der Waals surface area contributed by atoms with Crippen molar-refractivity contribution in [3.05, 3.63) is 97.4 Å². The Morgan fingerprint density at radius 2 is 1.90 bits per heavy atom. The van der Waals surface area contributed by atoms with Crippen LogP contribution >= 0.6 is 22.6 Å². The van der Waals surface area contributed by atoms with Crippen LogP contribution in [0.5, 0.6) is 5.75 Å². The molecule has 3 aromatic rings. The number of nitrogens with one attached hydrogen (secondary N) is 1. The van der Waals surface area contributed by atoms with Gasteiger partial charge in [-0.25, -0.2) is 10.4 Å². The molecule has 0 aliphatic rings. The number of ether oxygens (including phenoxy) is 1. The van der Waals surface area contributed by atoms with Crippen LogP contribution in [-0.2, 0) is 6.61 Å². The van der Waals surface area contributed by atoms with Crippen molar-refractivity contribution in [2.75, 3.05) is 0 Å². The van der Waals surface area contributed by atoms with E-state index in [0.29, 0.717) is 12.4 Å². The average Bonchev–Trinajstić information content (AvgIpc) is 2.74. The highest BCUT2D eigenvalue weighted by molar-refractivity contribution is 14.1. The van der Waals surface area contributed by atoms with Crippen molar-refractivity contribution in [3.8, 4) is 5.75 Å². The van der Waals surface area contributed by atoms with Gasteiger partial charge in [-0.1, -0.05) is 12.1 Å². The molecule has 29 heavy (non-hydrogen) atoms. The lowest BCUT2D eigenvalue weighted by atomic mass is 10.2. The maximum atomic E-state index is 12.0. The fraction of sp³-hybridized carbons (Fsp3) is 0.0500. The van der Waals surface area contributed by atoms with E-state index in [9.17, 15) is 14.9 Å². The number of carbonyl (C=O) groups is 1. The zero-order chi connectivity index (χ0) is 20.6. The minimum atomic E-state index is -0.758. The Morgan fingerprint density at radius 1 is 1.17 bits per heavy atom. The Balaban J connectivity index is 1.55. The van der Waals surface area contributed by atoms with E-state index in [1.165, 1.54) is 28.1 Å². The van der Waals surface area contributed by atoms with Gasteiger partial charge < -0.3 is 4.74 Å². The second-order valence-corrected chi connectivity index (χ2v) is 7.06. The maximum Gasteiger partial charge on any atom is 0.300 e. The predicted molar refractivity (Wildman–Crippen MR) is 116 cm³/mol. The second-order valence-electron chi connectivity index (χ2n) is 5.81. The molecular weight excluding hydrogens is 487 g/mol. The van der Waals surface area contributed by atoms with Gasteiger partial charge in [0.25, 0.3) is 5.91 Å². The molecular formula is C20H15IN4O4. The summed E-state index contributed by atoms with van der Waals surface area (Å²) in [6, 6.07) is 17.8. The molecule has 8 nitrogen and oxygen atoms in total. The summed E-state index contributed by atoms with van der Waals surface area (Å²) in [6.45, 7) is 0.462. The maximum absolute atomic E-state index is 12.0. The molecule has 0 radical (unpaired) electrons. The third-order valence-electron chi connectivity index (χ3n) is 3.78. The van der Waals surface area contributed by atoms with E-state index in [2.05, 4.69) is 38.1 Å². The van der Waals surface area contributed by atoms with Crippen molar-refractivity contribution in [2.24, 2.45) is 5.10 Å². The van der Waals surface area contributed by atoms with Gasteiger partial charge in [0.1, 0.15) is 12.4 Å². The lowest BCUT2D eigenvalue weighted by molar-refractivity contribution is -0.385. The summed E-state index contributed by atoms with van der Waals surface area (Å²) in [4.78, 5) is 26.1. The first-order valence-corrected chi connectivity index (χ1v) is 9.51. The molecule has 3 rings (SSSR count). The van der Waals surface area contributed by atoms with Crippen LogP contribution in [0.4, 0.5) is 5.69 Å². The highest BCUT2D eigenvalue weighted by Gasteiger charge is 2.20. The molecule has 2 aromatic carbocycles. The molecule has 0 aliphatic heterocycles. The van der Waals surface area contributed by atoms with Crippen molar-refractivity contribution in [1.29, 1.82) is 0 Å². The molecule has 0 atom stereocenters. The van der Waals surface area contributed by atoms with Crippen molar-refractivity contribution >= 4 is 40.4 Å². The number of benzene rings is 2. The highest BCUT2D eigenvalue weighted by atomic mass is 127. The van der Waals surface area contributed by atoms with E-state index in [1.807, 2.05) is 24.3 Å². The second kappa shape index (κ2) is 9.73. The van der Waals surface area contributed by atoms with E-state index >= 15 is 0 Å². The van der Waals surface area contributed by atoms with Crippen LogP contribution in [0, 0.1) is 13.7 Å². The van der Waals surface area contributed by atoms with Gasteiger partial charge in [-0.05, 0) is 76.2 Å². The van der Waals surface area contributed by atoms with Gasteiger partial charge in [-0.2, -0.15) is 5.10 Å². The molecule has 0 fully saturated rings. The van der Waals surface area contributed by atoms with Crippen LogP contribution in [0.2, 0.25) is 0 Å². The van der Waals surface area contributed by atoms with Crippen LogP contribution in [0.1, 0.15) is 21.6 Å². The fourth-order valence-electron chi connectivity index (χ4n) is 2.33. The number of halogens is 1. The van der Waals surface area contributed by atoms with E-state index in [1.54, 1.807) is 24.3 Å². The van der Waals surface area contributed by atoms with Crippen LogP contribution in [0.25, 0.3) is 0 Å². The Morgan fingerprint density at radius 3 is 2.59 bits per heavy atom. The average molecular weight is 502 g/mol. The predicted octanol–water partition coefficient (Wildman–Crippen LogP) is 3.94. The highest BCUT2D eigenvalue weighted by Crippen LogP contribution is 2.16. The summed E-state index contributed by atoms with van der Waals surface area (Å²) in [5.74, 6) is -0.0557. The van der Waals surface area contributed by atoms with Crippen molar-refractivity contribution in [3.63, 3.8) is 0 Å². The molecule has 1 amide bonds. The zero-order valence-corrected chi connectivity index (χ0v) is 17.1. The Bertz CT molecular complexity index is 1040. The molecule has 1 heterocycles. The number of hydrazone groups is 1. The molecule has 0 unspecified atom stereocenters. The SMILES string of the molecule is O=C(N/N=C\c1ccc(OCc2ccc(I)cc2)cc1)c1ncccc1[N+](=O)[O-]. The molecule has 0 spiro atoms. The topological polar surface area (TPSA) is 107 Å². The van der Waals surface area contributed by atoms with Crippen LogP contribution in [0.3, 0.4) is 0 Å². The van der Waals surface area contributed by atoms with E-state index < -0.39 is 10.8 Å². The lowest BCUT2D eigenvalue weighted by Gasteiger charge is -2.06. The minimum absolute atomic E-state index is 0.297.